The van der Waals surface area contributed by atoms with Gasteiger partial charge in [0.25, 0.3) is 5.91 Å². The van der Waals surface area contributed by atoms with Crippen LogP contribution in [0, 0.1) is 0 Å². The van der Waals surface area contributed by atoms with Gasteiger partial charge in [-0.2, -0.15) is 5.10 Å². The summed E-state index contributed by atoms with van der Waals surface area (Å²) >= 11 is 1.69. The Labute approximate surface area is 167 Å². The molecule has 0 atom stereocenters. The highest BCUT2D eigenvalue weighted by Gasteiger charge is 2.22. The van der Waals surface area contributed by atoms with E-state index in [1.54, 1.807) is 11.3 Å². The van der Waals surface area contributed by atoms with Crippen molar-refractivity contribution >= 4 is 50.7 Å². The molecular weight excluding hydrogens is 384 g/mol. The lowest BCUT2D eigenvalue weighted by atomic mass is 10.1. The fourth-order valence-electron chi connectivity index (χ4n) is 3.64. The van der Waals surface area contributed by atoms with E-state index in [1.165, 1.54) is 12.8 Å². The molecule has 0 radical (unpaired) electrons. The third-order valence-corrected chi connectivity index (χ3v) is 6.11. The van der Waals surface area contributed by atoms with Gasteiger partial charge in [0, 0.05) is 49.5 Å². The number of benzene rings is 1. The molecule has 0 spiro atoms. The summed E-state index contributed by atoms with van der Waals surface area (Å²) in [5.41, 5.74) is 4.27. The Morgan fingerprint density at radius 3 is 2.96 bits per heavy atom. The van der Waals surface area contributed by atoms with Gasteiger partial charge in [0.2, 0.25) is 0 Å². The van der Waals surface area contributed by atoms with Crippen molar-refractivity contribution in [1.29, 1.82) is 0 Å². The number of thiazole rings is 1. The van der Waals surface area contributed by atoms with E-state index in [-0.39, 0.29) is 18.3 Å². The van der Waals surface area contributed by atoms with Crippen LogP contribution in [-0.4, -0.2) is 40.7 Å². The second kappa shape index (κ2) is 7.46. The van der Waals surface area contributed by atoms with Gasteiger partial charge >= 0.3 is 0 Å². The van der Waals surface area contributed by atoms with Crippen molar-refractivity contribution in [3.8, 4) is 0 Å². The molecule has 1 saturated heterocycles. The van der Waals surface area contributed by atoms with Gasteiger partial charge in [0.1, 0.15) is 0 Å². The smallest absolute Gasteiger partial charge is 0.276 e. The third kappa shape index (κ3) is 3.40. The Morgan fingerprint density at radius 2 is 2.11 bits per heavy atom. The molecule has 4 heterocycles. The number of carbonyl (C=O) groups is 1. The summed E-state index contributed by atoms with van der Waals surface area (Å²) in [6, 6.07) is 5.88. The second-order valence-electron chi connectivity index (χ2n) is 6.78. The zero-order valence-electron chi connectivity index (χ0n) is 14.7. The topological polar surface area (TPSA) is 85.9 Å². The summed E-state index contributed by atoms with van der Waals surface area (Å²) in [5.74, 6) is -0.171. The van der Waals surface area contributed by atoms with Crippen molar-refractivity contribution in [3.63, 3.8) is 0 Å². The number of nitrogens with one attached hydrogen (secondary N) is 3. The number of hydrogen-bond donors (Lipinski definition) is 3. The summed E-state index contributed by atoms with van der Waals surface area (Å²) in [6.07, 6.45) is 3.35. The average molecular weight is 405 g/mol. The molecule has 0 bridgehead atoms. The highest BCUT2D eigenvalue weighted by atomic mass is 35.5. The standard InChI is InChI=1S/C18H20N6OS.ClH/c25-17(16-12-10-19-6-5-13(12)22-23-16)20-11-3-4-14-15(9-11)26-18(21-14)24-7-1-2-8-24;/h3-4,9,19H,1-2,5-8,10H2,(H,20,25)(H,22,23);1H. The van der Waals surface area contributed by atoms with E-state index in [1.807, 2.05) is 18.2 Å². The lowest BCUT2D eigenvalue weighted by Gasteiger charge is -2.12. The van der Waals surface area contributed by atoms with Gasteiger partial charge in [0.05, 0.1) is 10.2 Å². The summed E-state index contributed by atoms with van der Waals surface area (Å²) < 4.78 is 1.09. The van der Waals surface area contributed by atoms with Gasteiger partial charge < -0.3 is 15.5 Å². The Bertz CT molecular complexity index is 978. The predicted molar refractivity (Wildman–Crippen MR) is 110 cm³/mol. The number of rotatable bonds is 3. The Morgan fingerprint density at radius 1 is 1.26 bits per heavy atom. The van der Waals surface area contributed by atoms with Crippen LogP contribution in [0.2, 0.25) is 0 Å². The van der Waals surface area contributed by atoms with E-state index in [2.05, 4.69) is 25.7 Å². The number of fused-ring (bicyclic) bond motifs is 2. The number of carbonyl (C=O) groups excluding carboxylic acids is 1. The quantitative estimate of drug-likeness (QED) is 0.624. The van der Waals surface area contributed by atoms with Crippen molar-refractivity contribution in [2.45, 2.75) is 25.8 Å². The molecule has 3 aromatic rings. The zero-order chi connectivity index (χ0) is 17.5. The van der Waals surface area contributed by atoms with Crippen molar-refractivity contribution in [1.82, 2.24) is 20.5 Å². The molecule has 2 aliphatic heterocycles. The molecule has 1 amide bonds. The fourth-order valence-corrected chi connectivity index (χ4v) is 4.69. The Hall–Kier alpha value is -2.16. The Kier molecular flexibility index (Phi) is 5.03. The van der Waals surface area contributed by atoms with Gasteiger partial charge in [-0.3, -0.25) is 9.89 Å². The van der Waals surface area contributed by atoms with Crippen LogP contribution in [0.15, 0.2) is 18.2 Å². The first kappa shape index (κ1) is 18.2. The van der Waals surface area contributed by atoms with Crippen LogP contribution in [0.1, 0.15) is 34.6 Å². The van der Waals surface area contributed by atoms with Crippen molar-refractivity contribution in [2.24, 2.45) is 0 Å². The fraction of sp³-hybridized carbons (Fsp3) is 0.389. The minimum atomic E-state index is -0.171. The van der Waals surface area contributed by atoms with E-state index < -0.39 is 0 Å². The number of H-pyrrole nitrogens is 1. The largest absolute Gasteiger partial charge is 0.348 e. The number of aromatic nitrogens is 3. The van der Waals surface area contributed by atoms with Crippen molar-refractivity contribution in [2.75, 3.05) is 29.9 Å². The van der Waals surface area contributed by atoms with Crippen LogP contribution in [0.3, 0.4) is 0 Å². The molecule has 0 aliphatic carbocycles. The van der Waals surface area contributed by atoms with Gasteiger partial charge in [-0.05, 0) is 31.0 Å². The van der Waals surface area contributed by atoms with Crippen LogP contribution < -0.4 is 15.5 Å². The molecule has 5 rings (SSSR count). The first-order valence-electron chi connectivity index (χ1n) is 9.02. The summed E-state index contributed by atoms with van der Waals surface area (Å²) in [5, 5.41) is 14.6. The van der Waals surface area contributed by atoms with Crippen molar-refractivity contribution in [3.05, 3.63) is 35.2 Å². The first-order chi connectivity index (χ1) is 12.8. The molecule has 142 valence electrons. The molecule has 1 fully saturated rings. The predicted octanol–water partition coefficient (Wildman–Crippen LogP) is 2.94. The lowest BCUT2D eigenvalue weighted by molar-refractivity contribution is 0.102. The van der Waals surface area contributed by atoms with Crippen LogP contribution in [0.25, 0.3) is 10.2 Å². The zero-order valence-corrected chi connectivity index (χ0v) is 16.4. The maximum atomic E-state index is 12.7. The van der Waals surface area contributed by atoms with Gasteiger partial charge in [-0.1, -0.05) is 11.3 Å². The van der Waals surface area contributed by atoms with Crippen molar-refractivity contribution < 1.29 is 4.79 Å². The third-order valence-electron chi connectivity index (χ3n) is 5.03. The molecule has 27 heavy (non-hydrogen) atoms. The van der Waals surface area contributed by atoms with Gasteiger partial charge in [-0.15, -0.1) is 12.4 Å². The maximum Gasteiger partial charge on any atom is 0.276 e. The lowest BCUT2D eigenvalue weighted by Crippen LogP contribution is -2.25. The minimum absolute atomic E-state index is 0. The number of anilines is 2. The van der Waals surface area contributed by atoms with Gasteiger partial charge in [-0.25, -0.2) is 4.98 Å². The normalized spacial score (nSPS) is 16.2. The average Bonchev–Trinajstić information content (AvgIpc) is 3.39. The van der Waals surface area contributed by atoms with Crippen LogP contribution >= 0.6 is 23.7 Å². The SMILES string of the molecule is Cl.O=C(Nc1ccc2nc(N3CCCC3)sc2c1)c1n[nH]c2c1CNCC2. The molecule has 0 saturated carbocycles. The van der Waals surface area contributed by atoms with E-state index in [9.17, 15) is 4.79 Å². The molecule has 0 unspecified atom stereocenters. The summed E-state index contributed by atoms with van der Waals surface area (Å²) in [4.78, 5) is 19.7. The Balaban J connectivity index is 0.00000180. The first-order valence-corrected chi connectivity index (χ1v) is 9.83. The highest BCUT2D eigenvalue weighted by Crippen LogP contribution is 2.32. The van der Waals surface area contributed by atoms with Crippen LogP contribution in [-0.2, 0) is 13.0 Å². The molecule has 2 aliphatic rings. The summed E-state index contributed by atoms with van der Waals surface area (Å²) in [7, 11) is 0. The monoisotopic (exact) mass is 404 g/mol. The number of amides is 1. The summed E-state index contributed by atoms with van der Waals surface area (Å²) in [6.45, 7) is 3.77. The van der Waals surface area contributed by atoms with Crippen LogP contribution in [0.5, 0.6) is 0 Å². The molecule has 9 heteroatoms. The molecule has 2 aromatic heterocycles. The number of nitrogens with zero attached hydrogens (tertiary/aromatic N) is 3. The maximum absolute atomic E-state index is 12.7. The minimum Gasteiger partial charge on any atom is -0.348 e. The second-order valence-corrected chi connectivity index (χ2v) is 7.79. The molecular formula is C18H21ClN6OS. The number of halogens is 1. The van der Waals surface area contributed by atoms with Crippen LogP contribution in [0.4, 0.5) is 10.8 Å². The van der Waals surface area contributed by atoms with E-state index in [4.69, 9.17) is 4.98 Å². The van der Waals surface area contributed by atoms with E-state index in [0.717, 1.165) is 58.3 Å². The molecule has 3 N–H and O–H groups in total. The number of aromatic amines is 1. The number of hydrogen-bond acceptors (Lipinski definition) is 6. The molecule has 1 aromatic carbocycles. The highest BCUT2D eigenvalue weighted by molar-refractivity contribution is 7.22. The van der Waals surface area contributed by atoms with E-state index in [0.29, 0.717) is 12.2 Å². The van der Waals surface area contributed by atoms with E-state index >= 15 is 0 Å². The molecule has 7 nitrogen and oxygen atoms in total. The van der Waals surface area contributed by atoms with Gasteiger partial charge in [0.15, 0.2) is 10.8 Å².